The average molecular weight is 405 g/mol. The Kier molecular flexibility index (Phi) is 6.22. The minimum Gasteiger partial charge on any atom is -0.477 e. The SMILES string of the molecule is C[C@H](c1ccccc1)C(OC(=O)c1cccc([N+](=O)[O-])c1C(=O)O)c1ccccc1. The van der Waals surface area contributed by atoms with Crippen molar-refractivity contribution in [2.24, 2.45) is 0 Å². The summed E-state index contributed by atoms with van der Waals surface area (Å²) >= 11 is 0. The van der Waals surface area contributed by atoms with Gasteiger partial charge < -0.3 is 9.84 Å². The molecule has 0 aliphatic carbocycles. The van der Waals surface area contributed by atoms with Crippen molar-refractivity contribution >= 4 is 17.6 Å². The van der Waals surface area contributed by atoms with Gasteiger partial charge in [-0.05, 0) is 17.2 Å². The van der Waals surface area contributed by atoms with Gasteiger partial charge in [0.1, 0.15) is 6.10 Å². The number of nitrogens with zero attached hydrogens (tertiary/aromatic N) is 1. The smallest absolute Gasteiger partial charge is 0.343 e. The zero-order valence-electron chi connectivity index (χ0n) is 16.1. The molecule has 1 unspecified atom stereocenters. The highest BCUT2D eigenvalue weighted by atomic mass is 16.6. The Morgan fingerprint density at radius 2 is 1.47 bits per heavy atom. The van der Waals surface area contributed by atoms with Gasteiger partial charge in [0.25, 0.3) is 5.69 Å². The second kappa shape index (κ2) is 9.00. The Balaban J connectivity index is 2.02. The number of carbonyl (C=O) groups excluding carboxylic acids is 1. The number of aromatic carboxylic acids is 1. The highest BCUT2D eigenvalue weighted by Crippen LogP contribution is 2.35. The quantitative estimate of drug-likeness (QED) is 0.337. The molecule has 0 aliphatic heterocycles. The Bertz CT molecular complexity index is 1070. The summed E-state index contributed by atoms with van der Waals surface area (Å²) in [5.41, 5.74) is -0.0601. The molecule has 0 saturated heterocycles. The third kappa shape index (κ3) is 4.35. The summed E-state index contributed by atoms with van der Waals surface area (Å²) in [7, 11) is 0. The number of carboxylic acids is 1. The topological polar surface area (TPSA) is 107 Å². The van der Waals surface area contributed by atoms with E-state index in [0.717, 1.165) is 17.2 Å². The van der Waals surface area contributed by atoms with Crippen LogP contribution in [-0.2, 0) is 4.74 Å². The standard InChI is InChI=1S/C23H19NO6/c1-15(16-9-4-2-5-10-16)21(17-11-6-3-7-12-17)30-23(27)18-13-8-14-19(24(28)29)20(18)22(25)26/h2-15,21H,1H3,(H,25,26)/t15-,21?/m1/s1. The lowest BCUT2D eigenvalue weighted by atomic mass is 9.90. The Hall–Kier alpha value is -4.00. The second-order valence-corrected chi connectivity index (χ2v) is 6.70. The molecule has 0 aromatic heterocycles. The first-order valence-electron chi connectivity index (χ1n) is 9.21. The number of nitro groups is 1. The van der Waals surface area contributed by atoms with Crippen LogP contribution in [0.5, 0.6) is 0 Å². The molecule has 3 aromatic carbocycles. The fourth-order valence-corrected chi connectivity index (χ4v) is 3.30. The number of hydrogen-bond acceptors (Lipinski definition) is 5. The van der Waals surface area contributed by atoms with Crippen LogP contribution in [-0.4, -0.2) is 22.0 Å². The van der Waals surface area contributed by atoms with Crippen LogP contribution in [0.1, 0.15) is 50.8 Å². The number of esters is 1. The van der Waals surface area contributed by atoms with Crippen molar-refractivity contribution in [3.63, 3.8) is 0 Å². The molecule has 0 saturated carbocycles. The van der Waals surface area contributed by atoms with Crippen molar-refractivity contribution in [1.82, 2.24) is 0 Å². The molecule has 3 aromatic rings. The van der Waals surface area contributed by atoms with Crippen molar-refractivity contribution in [3.05, 3.63) is 111 Å². The number of ether oxygens (including phenoxy) is 1. The minimum absolute atomic E-state index is 0.246. The number of nitro benzene ring substituents is 1. The maximum atomic E-state index is 13.0. The normalized spacial score (nSPS) is 12.6. The third-order valence-electron chi connectivity index (χ3n) is 4.81. The van der Waals surface area contributed by atoms with Crippen LogP contribution >= 0.6 is 0 Å². The van der Waals surface area contributed by atoms with Crippen LogP contribution in [0.25, 0.3) is 0 Å². The third-order valence-corrected chi connectivity index (χ3v) is 4.81. The molecule has 0 fully saturated rings. The molecule has 2 atom stereocenters. The van der Waals surface area contributed by atoms with Gasteiger partial charge in [-0.1, -0.05) is 73.7 Å². The van der Waals surface area contributed by atoms with Gasteiger partial charge in [0.2, 0.25) is 0 Å². The number of carboxylic acid groups (broad SMARTS) is 1. The summed E-state index contributed by atoms with van der Waals surface area (Å²) < 4.78 is 5.74. The lowest BCUT2D eigenvalue weighted by Crippen LogP contribution is -2.20. The largest absolute Gasteiger partial charge is 0.477 e. The average Bonchev–Trinajstić information content (AvgIpc) is 2.77. The Morgan fingerprint density at radius 3 is 2.00 bits per heavy atom. The predicted molar refractivity (Wildman–Crippen MR) is 110 cm³/mol. The lowest BCUT2D eigenvalue weighted by Gasteiger charge is -2.25. The first-order valence-corrected chi connectivity index (χ1v) is 9.21. The van der Waals surface area contributed by atoms with E-state index >= 15 is 0 Å². The van der Waals surface area contributed by atoms with Gasteiger partial charge in [0, 0.05) is 12.0 Å². The number of benzene rings is 3. The summed E-state index contributed by atoms with van der Waals surface area (Å²) in [4.78, 5) is 35.0. The molecule has 7 heteroatoms. The summed E-state index contributed by atoms with van der Waals surface area (Å²) in [6.07, 6.45) is -0.720. The van der Waals surface area contributed by atoms with Gasteiger partial charge in [-0.3, -0.25) is 10.1 Å². The molecule has 0 radical (unpaired) electrons. The van der Waals surface area contributed by atoms with Crippen molar-refractivity contribution in [3.8, 4) is 0 Å². The highest BCUT2D eigenvalue weighted by Gasteiger charge is 2.31. The summed E-state index contributed by atoms with van der Waals surface area (Å²) in [5.74, 6) is -2.75. The summed E-state index contributed by atoms with van der Waals surface area (Å²) in [5, 5.41) is 20.7. The van der Waals surface area contributed by atoms with Crippen molar-refractivity contribution in [2.45, 2.75) is 18.9 Å². The van der Waals surface area contributed by atoms with Gasteiger partial charge in [0.05, 0.1) is 10.5 Å². The van der Waals surface area contributed by atoms with Gasteiger partial charge >= 0.3 is 11.9 Å². The van der Waals surface area contributed by atoms with E-state index < -0.39 is 34.2 Å². The molecule has 3 rings (SSSR count). The highest BCUT2D eigenvalue weighted by molar-refractivity contribution is 6.05. The van der Waals surface area contributed by atoms with E-state index in [-0.39, 0.29) is 11.5 Å². The first kappa shape index (κ1) is 20.7. The van der Waals surface area contributed by atoms with Gasteiger partial charge in [-0.25, -0.2) is 9.59 Å². The predicted octanol–water partition coefficient (Wildman–Crippen LogP) is 4.99. The first-order chi connectivity index (χ1) is 14.4. The van der Waals surface area contributed by atoms with Crippen LogP contribution in [0.15, 0.2) is 78.9 Å². The summed E-state index contributed by atoms with van der Waals surface area (Å²) in [6.45, 7) is 1.89. The number of rotatable bonds is 7. The second-order valence-electron chi connectivity index (χ2n) is 6.70. The molecule has 30 heavy (non-hydrogen) atoms. The van der Waals surface area contributed by atoms with Gasteiger partial charge in [-0.2, -0.15) is 0 Å². The minimum atomic E-state index is -1.57. The van der Waals surface area contributed by atoms with E-state index in [0.29, 0.717) is 0 Å². The molecular weight excluding hydrogens is 386 g/mol. The monoisotopic (exact) mass is 405 g/mol. The maximum Gasteiger partial charge on any atom is 0.343 e. The van der Waals surface area contributed by atoms with E-state index in [1.807, 2.05) is 67.6 Å². The molecule has 0 spiro atoms. The molecule has 152 valence electrons. The van der Waals surface area contributed by atoms with Crippen LogP contribution in [0, 0.1) is 10.1 Å². The van der Waals surface area contributed by atoms with Crippen molar-refractivity contribution in [2.75, 3.05) is 0 Å². The zero-order chi connectivity index (χ0) is 21.7. The number of hydrogen-bond donors (Lipinski definition) is 1. The van der Waals surface area contributed by atoms with E-state index in [4.69, 9.17) is 4.74 Å². The van der Waals surface area contributed by atoms with E-state index in [2.05, 4.69) is 0 Å². The Morgan fingerprint density at radius 1 is 0.900 bits per heavy atom. The van der Waals surface area contributed by atoms with Crippen LogP contribution in [0.2, 0.25) is 0 Å². The number of carbonyl (C=O) groups is 2. The zero-order valence-corrected chi connectivity index (χ0v) is 16.1. The molecule has 0 amide bonds. The molecule has 0 aliphatic rings. The van der Waals surface area contributed by atoms with Crippen LogP contribution < -0.4 is 0 Å². The fraction of sp³-hybridized carbons (Fsp3) is 0.130. The van der Waals surface area contributed by atoms with Crippen LogP contribution in [0.4, 0.5) is 5.69 Å². The van der Waals surface area contributed by atoms with Gasteiger partial charge in [-0.15, -0.1) is 0 Å². The van der Waals surface area contributed by atoms with E-state index in [1.165, 1.54) is 12.1 Å². The Labute approximate surface area is 172 Å². The maximum absolute atomic E-state index is 13.0. The van der Waals surface area contributed by atoms with E-state index in [1.54, 1.807) is 0 Å². The fourth-order valence-electron chi connectivity index (χ4n) is 3.30. The summed E-state index contributed by atoms with van der Waals surface area (Å²) in [6, 6.07) is 22.0. The molecule has 0 bridgehead atoms. The lowest BCUT2D eigenvalue weighted by molar-refractivity contribution is -0.385. The van der Waals surface area contributed by atoms with E-state index in [9.17, 15) is 24.8 Å². The van der Waals surface area contributed by atoms with Crippen molar-refractivity contribution < 1.29 is 24.4 Å². The van der Waals surface area contributed by atoms with Crippen LogP contribution in [0.3, 0.4) is 0 Å². The molecular formula is C23H19NO6. The van der Waals surface area contributed by atoms with Gasteiger partial charge in [0.15, 0.2) is 5.56 Å². The van der Waals surface area contributed by atoms with Crippen molar-refractivity contribution in [1.29, 1.82) is 0 Å². The molecule has 1 N–H and O–H groups in total. The molecule has 0 heterocycles. The molecule has 7 nitrogen and oxygen atoms in total.